The van der Waals surface area contributed by atoms with Gasteiger partial charge in [0, 0.05) is 14.9 Å². The molecule has 1 N–H and O–H groups in total. The Labute approximate surface area is 119 Å². The van der Waals surface area contributed by atoms with Gasteiger partial charge in [-0.3, -0.25) is 4.79 Å². The third-order valence-electron chi connectivity index (χ3n) is 2.44. The second kappa shape index (κ2) is 6.07. The number of halogens is 1. The number of para-hydroxylation sites is 1. The lowest BCUT2D eigenvalue weighted by Crippen LogP contribution is -2.12. The molecule has 2 rings (SSSR count). The summed E-state index contributed by atoms with van der Waals surface area (Å²) in [6.45, 7) is 0. The molecule has 18 heavy (non-hydrogen) atoms. The number of carbonyl (C=O) groups is 1. The first-order valence-corrected chi connectivity index (χ1v) is 7.42. The van der Waals surface area contributed by atoms with Crippen molar-refractivity contribution >= 4 is 39.3 Å². The highest BCUT2D eigenvalue weighted by atomic mass is 79.9. The average Bonchev–Trinajstić information content (AvgIpc) is 2.39. The van der Waals surface area contributed by atoms with Gasteiger partial charge in [-0.1, -0.05) is 34.1 Å². The smallest absolute Gasteiger partial charge is 0.255 e. The molecular formula is C14H12BrNOS. The van der Waals surface area contributed by atoms with E-state index < -0.39 is 0 Å². The predicted octanol–water partition coefficient (Wildman–Crippen LogP) is 4.42. The zero-order valence-corrected chi connectivity index (χ0v) is 12.2. The monoisotopic (exact) mass is 321 g/mol. The fourth-order valence-electron chi connectivity index (χ4n) is 1.57. The van der Waals surface area contributed by atoms with Crippen molar-refractivity contribution in [2.24, 2.45) is 0 Å². The van der Waals surface area contributed by atoms with E-state index in [0.717, 1.165) is 15.1 Å². The maximum absolute atomic E-state index is 12.1. The van der Waals surface area contributed by atoms with Gasteiger partial charge in [-0.15, -0.1) is 11.8 Å². The molecule has 92 valence electrons. The Morgan fingerprint density at radius 2 is 1.94 bits per heavy atom. The normalized spacial score (nSPS) is 10.1. The summed E-state index contributed by atoms with van der Waals surface area (Å²) >= 11 is 4.97. The van der Waals surface area contributed by atoms with Crippen molar-refractivity contribution in [3.05, 3.63) is 58.6 Å². The number of hydrogen-bond donors (Lipinski definition) is 1. The van der Waals surface area contributed by atoms with Crippen molar-refractivity contribution in [1.82, 2.24) is 0 Å². The maximum Gasteiger partial charge on any atom is 0.255 e. The summed E-state index contributed by atoms with van der Waals surface area (Å²) in [5.74, 6) is -0.0993. The molecule has 0 atom stereocenters. The minimum absolute atomic E-state index is 0.0993. The summed E-state index contributed by atoms with van der Waals surface area (Å²) in [4.78, 5) is 13.1. The van der Waals surface area contributed by atoms with E-state index in [1.165, 1.54) is 0 Å². The van der Waals surface area contributed by atoms with Gasteiger partial charge in [-0.05, 0) is 36.6 Å². The Bertz CT molecular complexity index is 571. The van der Waals surface area contributed by atoms with E-state index in [9.17, 15) is 4.79 Å². The molecule has 2 aromatic carbocycles. The fourth-order valence-corrected chi connectivity index (χ4v) is 2.52. The molecule has 1 amide bonds. The van der Waals surface area contributed by atoms with Crippen LogP contribution >= 0.6 is 27.7 Å². The van der Waals surface area contributed by atoms with Crippen LogP contribution in [-0.2, 0) is 0 Å². The van der Waals surface area contributed by atoms with Crippen LogP contribution in [0.5, 0.6) is 0 Å². The number of thioether (sulfide) groups is 1. The SMILES string of the molecule is CSc1ccccc1NC(=O)c1cccc(Br)c1. The molecule has 0 fully saturated rings. The van der Waals surface area contributed by atoms with Gasteiger partial charge in [-0.2, -0.15) is 0 Å². The number of rotatable bonds is 3. The number of anilines is 1. The van der Waals surface area contributed by atoms with Gasteiger partial charge < -0.3 is 5.32 Å². The number of hydrogen-bond acceptors (Lipinski definition) is 2. The Balaban J connectivity index is 2.21. The van der Waals surface area contributed by atoms with Gasteiger partial charge in [0.2, 0.25) is 0 Å². The molecule has 2 nitrogen and oxygen atoms in total. The van der Waals surface area contributed by atoms with Crippen LogP contribution in [0.3, 0.4) is 0 Å². The van der Waals surface area contributed by atoms with Crippen molar-refractivity contribution in [3.8, 4) is 0 Å². The highest BCUT2D eigenvalue weighted by molar-refractivity contribution is 9.10. The van der Waals surface area contributed by atoms with Crippen LogP contribution < -0.4 is 5.32 Å². The van der Waals surface area contributed by atoms with Crippen molar-refractivity contribution < 1.29 is 4.79 Å². The lowest BCUT2D eigenvalue weighted by molar-refractivity contribution is 0.102. The molecule has 0 spiro atoms. The van der Waals surface area contributed by atoms with Crippen LogP contribution in [0.2, 0.25) is 0 Å². The van der Waals surface area contributed by atoms with Gasteiger partial charge in [0.05, 0.1) is 5.69 Å². The molecule has 0 radical (unpaired) electrons. The Hall–Kier alpha value is -1.26. The second-order valence-electron chi connectivity index (χ2n) is 3.66. The number of carbonyl (C=O) groups excluding carboxylic acids is 1. The lowest BCUT2D eigenvalue weighted by atomic mass is 10.2. The largest absolute Gasteiger partial charge is 0.321 e. The molecule has 0 aliphatic heterocycles. The van der Waals surface area contributed by atoms with Gasteiger partial charge in [0.1, 0.15) is 0 Å². The van der Waals surface area contributed by atoms with E-state index in [1.807, 2.05) is 42.7 Å². The quantitative estimate of drug-likeness (QED) is 0.848. The van der Waals surface area contributed by atoms with E-state index in [0.29, 0.717) is 5.56 Å². The molecule has 0 aliphatic rings. The maximum atomic E-state index is 12.1. The first-order chi connectivity index (χ1) is 8.70. The van der Waals surface area contributed by atoms with E-state index in [-0.39, 0.29) is 5.91 Å². The summed E-state index contributed by atoms with van der Waals surface area (Å²) in [6, 6.07) is 15.1. The highest BCUT2D eigenvalue weighted by Crippen LogP contribution is 2.25. The van der Waals surface area contributed by atoms with Crippen molar-refractivity contribution in [1.29, 1.82) is 0 Å². The van der Waals surface area contributed by atoms with Crippen LogP contribution in [0, 0.1) is 0 Å². The van der Waals surface area contributed by atoms with Gasteiger partial charge >= 0.3 is 0 Å². The van der Waals surface area contributed by atoms with E-state index in [2.05, 4.69) is 21.2 Å². The molecule has 0 unspecified atom stereocenters. The highest BCUT2D eigenvalue weighted by Gasteiger charge is 2.08. The second-order valence-corrected chi connectivity index (χ2v) is 5.43. The molecule has 2 aromatic rings. The first-order valence-electron chi connectivity index (χ1n) is 5.40. The zero-order valence-electron chi connectivity index (χ0n) is 9.81. The molecule has 0 saturated heterocycles. The standard InChI is InChI=1S/C14H12BrNOS/c1-18-13-8-3-2-7-12(13)16-14(17)10-5-4-6-11(15)9-10/h2-9H,1H3,(H,16,17). The van der Waals surface area contributed by atoms with Crippen molar-refractivity contribution in [2.45, 2.75) is 4.90 Å². The molecule has 4 heteroatoms. The average molecular weight is 322 g/mol. The number of amides is 1. The Morgan fingerprint density at radius 1 is 1.17 bits per heavy atom. The Morgan fingerprint density at radius 3 is 2.67 bits per heavy atom. The molecule has 0 aromatic heterocycles. The van der Waals surface area contributed by atoms with Crippen LogP contribution in [0.25, 0.3) is 0 Å². The summed E-state index contributed by atoms with van der Waals surface area (Å²) in [6.07, 6.45) is 1.99. The minimum Gasteiger partial charge on any atom is -0.321 e. The summed E-state index contributed by atoms with van der Waals surface area (Å²) in [5, 5.41) is 2.92. The third kappa shape index (κ3) is 3.15. The molecule has 0 saturated carbocycles. The van der Waals surface area contributed by atoms with Crippen LogP contribution in [0.15, 0.2) is 57.9 Å². The van der Waals surface area contributed by atoms with Gasteiger partial charge in [0.25, 0.3) is 5.91 Å². The Kier molecular flexibility index (Phi) is 4.44. The third-order valence-corrected chi connectivity index (χ3v) is 3.73. The van der Waals surface area contributed by atoms with Crippen LogP contribution in [0.4, 0.5) is 5.69 Å². The molecule has 0 heterocycles. The van der Waals surface area contributed by atoms with E-state index >= 15 is 0 Å². The minimum atomic E-state index is -0.0993. The molecular weight excluding hydrogens is 310 g/mol. The fraction of sp³-hybridized carbons (Fsp3) is 0.0714. The first kappa shape index (κ1) is 13.2. The van der Waals surface area contributed by atoms with Crippen molar-refractivity contribution in [3.63, 3.8) is 0 Å². The lowest BCUT2D eigenvalue weighted by Gasteiger charge is -2.09. The summed E-state index contributed by atoms with van der Waals surface area (Å²) in [7, 11) is 0. The number of benzene rings is 2. The van der Waals surface area contributed by atoms with E-state index in [1.54, 1.807) is 23.9 Å². The van der Waals surface area contributed by atoms with E-state index in [4.69, 9.17) is 0 Å². The number of nitrogens with one attached hydrogen (secondary N) is 1. The zero-order chi connectivity index (χ0) is 13.0. The van der Waals surface area contributed by atoms with Crippen LogP contribution in [-0.4, -0.2) is 12.2 Å². The summed E-state index contributed by atoms with van der Waals surface area (Å²) < 4.78 is 0.897. The topological polar surface area (TPSA) is 29.1 Å². The predicted molar refractivity (Wildman–Crippen MR) is 80.3 cm³/mol. The molecule has 0 aliphatic carbocycles. The van der Waals surface area contributed by atoms with Gasteiger partial charge in [0.15, 0.2) is 0 Å². The van der Waals surface area contributed by atoms with Gasteiger partial charge in [-0.25, -0.2) is 0 Å². The molecule has 0 bridgehead atoms. The van der Waals surface area contributed by atoms with Crippen molar-refractivity contribution in [2.75, 3.05) is 11.6 Å². The van der Waals surface area contributed by atoms with Crippen LogP contribution in [0.1, 0.15) is 10.4 Å². The summed E-state index contributed by atoms with van der Waals surface area (Å²) in [5.41, 5.74) is 1.48.